The Morgan fingerprint density at radius 1 is 1.25 bits per heavy atom. The molecule has 2 unspecified atom stereocenters. The van der Waals surface area contributed by atoms with Crippen molar-refractivity contribution in [2.24, 2.45) is 11.7 Å². The van der Waals surface area contributed by atoms with Crippen LogP contribution in [-0.2, 0) is 4.74 Å². The Morgan fingerprint density at radius 2 is 1.90 bits per heavy atom. The van der Waals surface area contributed by atoms with Crippen molar-refractivity contribution in [3.05, 3.63) is 35.6 Å². The maximum atomic E-state index is 14.1. The van der Waals surface area contributed by atoms with Gasteiger partial charge in [-0.25, -0.2) is 4.39 Å². The minimum Gasteiger partial charge on any atom is -0.383 e. The molecular formula is C16H27FN2O. The first-order valence-corrected chi connectivity index (χ1v) is 7.20. The van der Waals surface area contributed by atoms with E-state index < -0.39 is 0 Å². The second-order valence-corrected chi connectivity index (χ2v) is 5.71. The monoisotopic (exact) mass is 282 g/mol. The van der Waals surface area contributed by atoms with Gasteiger partial charge in [0.2, 0.25) is 0 Å². The third-order valence-corrected chi connectivity index (χ3v) is 3.30. The van der Waals surface area contributed by atoms with Gasteiger partial charge in [0.25, 0.3) is 0 Å². The van der Waals surface area contributed by atoms with E-state index in [9.17, 15) is 4.39 Å². The molecule has 0 fully saturated rings. The van der Waals surface area contributed by atoms with Crippen molar-refractivity contribution in [3.63, 3.8) is 0 Å². The Morgan fingerprint density at radius 3 is 2.40 bits per heavy atom. The minimum absolute atomic E-state index is 0.131. The minimum atomic E-state index is -0.194. The number of hydrogen-bond donors (Lipinski definition) is 1. The summed E-state index contributed by atoms with van der Waals surface area (Å²) < 4.78 is 19.3. The van der Waals surface area contributed by atoms with Crippen molar-refractivity contribution in [1.29, 1.82) is 0 Å². The first-order chi connectivity index (χ1) is 9.47. The fraction of sp³-hybridized carbons (Fsp3) is 0.625. The van der Waals surface area contributed by atoms with E-state index in [2.05, 4.69) is 18.7 Å². The van der Waals surface area contributed by atoms with E-state index >= 15 is 0 Å². The van der Waals surface area contributed by atoms with Crippen molar-refractivity contribution in [2.45, 2.75) is 32.9 Å². The lowest BCUT2D eigenvalue weighted by atomic mass is 9.97. The summed E-state index contributed by atoms with van der Waals surface area (Å²) >= 11 is 0. The van der Waals surface area contributed by atoms with E-state index in [1.807, 2.05) is 19.1 Å². The third kappa shape index (κ3) is 4.85. The van der Waals surface area contributed by atoms with Crippen LogP contribution in [0.5, 0.6) is 0 Å². The van der Waals surface area contributed by atoms with Crippen molar-refractivity contribution in [1.82, 2.24) is 4.90 Å². The average molecular weight is 282 g/mol. The van der Waals surface area contributed by atoms with Crippen LogP contribution in [0, 0.1) is 11.7 Å². The Kier molecular flexibility index (Phi) is 7.13. The molecular weight excluding hydrogens is 255 g/mol. The summed E-state index contributed by atoms with van der Waals surface area (Å²) in [6.07, 6.45) is 0. The van der Waals surface area contributed by atoms with Gasteiger partial charge in [-0.1, -0.05) is 32.0 Å². The normalized spacial score (nSPS) is 14.8. The number of benzene rings is 1. The third-order valence-electron chi connectivity index (χ3n) is 3.30. The summed E-state index contributed by atoms with van der Waals surface area (Å²) in [5, 5.41) is 0. The molecule has 0 aliphatic rings. The zero-order valence-electron chi connectivity index (χ0n) is 13.0. The van der Waals surface area contributed by atoms with E-state index in [0.717, 1.165) is 13.1 Å². The van der Waals surface area contributed by atoms with E-state index in [1.54, 1.807) is 13.2 Å². The summed E-state index contributed by atoms with van der Waals surface area (Å²) in [5.41, 5.74) is 6.80. The van der Waals surface area contributed by atoms with Crippen LogP contribution in [0.25, 0.3) is 0 Å². The number of methoxy groups -OCH3 is 1. The topological polar surface area (TPSA) is 38.5 Å². The van der Waals surface area contributed by atoms with Crippen LogP contribution in [0.3, 0.4) is 0 Å². The molecule has 2 atom stereocenters. The highest BCUT2D eigenvalue weighted by molar-refractivity contribution is 5.22. The highest BCUT2D eigenvalue weighted by Crippen LogP contribution is 2.26. The molecule has 2 N–H and O–H groups in total. The molecule has 0 heterocycles. The highest BCUT2D eigenvalue weighted by atomic mass is 19.1. The van der Waals surface area contributed by atoms with Crippen LogP contribution in [-0.4, -0.2) is 37.7 Å². The van der Waals surface area contributed by atoms with Gasteiger partial charge in [0.1, 0.15) is 5.82 Å². The van der Waals surface area contributed by atoms with Gasteiger partial charge in [-0.3, -0.25) is 4.90 Å². The molecule has 3 nitrogen and oxygen atoms in total. The molecule has 0 aromatic heterocycles. The predicted molar refractivity (Wildman–Crippen MR) is 81.1 cm³/mol. The van der Waals surface area contributed by atoms with Gasteiger partial charge in [0, 0.05) is 31.8 Å². The number of hydrogen-bond acceptors (Lipinski definition) is 3. The van der Waals surface area contributed by atoms with Gasteiger partial charge < -0.3 is 10.5 Å². The molecule has 4 heteroatoms. The first-order valence-electron chi connectivity index (χ1n) is 7.20. The Bertz CT molecular complexity index is 396. The number of ether oxygens (including phenoxy) is 1. The molecule has 0 spiro atoms. The van der Waals surface area contributed by atoms with Crippen molar-refractivity contribution < 1.29 is 9.13 Å². The lowest BCUT2D eigenvalue weighted by molar-refractivity contribution is 0.0991. The SMILES string of the molecule is COCCN(CC(C)C)C(c1ccccc1F)C(C)N. The lowest BCUT2D eigenvalue weighted by Gasteiger charge is -2.35. The molecule has 1 rings (SSSR count). The molecule has 0 saturated carbocycles. The van der Waals surface area contributed by atoms with E-state index in [1.165, 1.54) is 6.07 Å². The summed E-state index contributed by atoms with van der Waals surface area (Å²) in [6, 6.07) is 6.60. The fourth-order valence-corrected chi connectivity index (χ4v) is 2.55. The second kappa shape index (κ2) is 8.35. The van der Waals surface area contributed by atoms with Crippen molar-refractivity contribution in [2.75, 3.05) is 26.8 Å². The number of nitrogens with two attached hydrogens (primary N) is 1. The molecule has 0 radical (unpaired) electrons. The molecule has 0 aliphatic heterocycles. The van der Waals surface area contributed by atoms with Crippen LogP contribution >= 0.6 is 0 Å². The second-order valence-electron chi connectivity index (χ2n) is 5.71. The van der Waals surface area contributed by atoms with Crippen LogP contribution in [0.4, 0.5) is 4.39 Å². The molecule has 1 aromatic carbocycles. The van der Waals surface area contributed by atoms with Gasteiger partial charge >= 0.3 is 0 Å². The van der Waals surface area contributed by atoms with Gasteiger partial charge in [0.15, 0.2) is 0 Å². The first kappa shape index (κ1) is 17.1. The highest BCUT2D eigenvalue weighted by Gasteiger charge is 2.26. The summed E-state index contributed by atoms with van der Waals surface area (Å²) in [5.74, 6) is 0.292. The van der Waals surface area contributed by atoms with Gasteiger partial charge in [-0.05, 0) is 18.9 Å². The number of rotatable bonds is 8. The molecule has 20 heavy (non-hydrogen) atoms. The van der Waals surface area contributed by atoms with Gasteiger partial charge in [-0.2, -0.15) is 0 Å². The van der Waals surface area contributed by atoms with E-state index in [-0.39, 0.29) is 17.9 Å². The quantitative estimate of drug-likeness (QED) is 0.797. The predicted octanol–water partition coefficient (Wildman–Crippen LogP) is 2.82. The van der Waals surface area contributed by atoms with Crippen LogP contribution in [0.2, 0.25) is 0 Å². The Hall–Kier alpha value is -0.970. The zero-order valence-corrected chi connectivity index (χ0v) is 13.0. The molecule has 0 amide bonds. The van der Waals surface area contributed by atoms with Crippen molar-refractivity contribution in [3.8, 4) is 0 Å². The fourth-order valence-electron chi connectivity index (χ4n) is 2.55. The van der Waals surface area contributed by atoms with Crippen molar-refractivity contribution >= 4 is 0 Å². The van der Waals surface area contributed by atoms with Gasteiger partial charge in [0.05, 0.1) is 12.6 Å². The summed E-state index contributed by atoms with van der Waals surface area (Å²) in [6.45, 7) is 8.46. The van der Waals surface area contributed by atoms with Crippen LogP contribution in [0.15, 0.2) is 24.3 Å². The maximum absolute atomic E-state index is 14.1. The van der Waals surface area contributed by atoms with Gasteiger partial charge in [-0.15, -0.1) is 0 Å². The molecule has 1 aromatic rings. The largest absolute Gasteiger partial charge is 0.383 e. The number of halogens is 1. The van der Waals surface area contributed by atoms with Crippen LogP contribution < -0.4 is 5.73 Å². The molecule has 0 bridgehead atoms. The van der Waals surface area contributed by atoms with E-state index in [0.29, 0.717) is 18.1 Å². The van der Waals surface area contributed by atoms with E-state index in [4.69, 9.17) is 10.5 Å². The summed E-state index contributed by atoms with van der Waals surface area (Å²) in [4.78, 5) is 2.22. The lowest BCUT2D eigenvalue weighted by Crippen LogP contribution is -2.43. The molecule has 0 aliphatic carbocycles. The smallest absolute Gasteiger partial charge is 0.128 e. The average Bonchev–Trinajstić information content (AvgIpc) is 2.37. The Balaban J connectivity index is 3.04. The molecule has 0 saturated heterocycles. The van der Waals surface area contributed by atoms with Crippen LogP contribution in [0.1, 0.15) is 32.4 Å². The summed E-state index contributed by atoms with van der Waals surface area (Å²) in [7, 11) is 1.68. The molecule has 114 valence electrons. The standard InChI is InChI=1S/C16H27FN2O/c1-12(2)11-19(9-10-20-4)16(13(3)18)14-7-5-6-8-15(14)17/h5-8,12-13,16H,9-11,18H2,1-4H3. The maximum Gasteiger partial charge on any atom is 0.128 e. The Labute approximate surface area is 121 Å². The zero-order chi connectivity index (χ0) is 15.1. The number of nitrogens with zero attached hydrogens (tertiary/aromatic N) is 1.